The SMILES string of the molecule is CCS(=O)(=O)N1CCC(C(=O)N(CCOC)CC(=O)O)CC1. The molecule has 22 heavy (non-hydrogen) atoms. The van der Waals surface area contributed by atoms with Gasteiger partial charge in [-0.15, -0.1) is 0 Å². The molecule has 0 radical (unpaired) electrons. The highest BCUT2D eigenvalue weighted by molar-refractivity contribution is 7.89. The van der Waals surface area contributed by atoms with Crippen molar-refractivity contribution in [3.8, 4) is 0 Å². The molecule has 0 unspecified atom stereocenters. The van der Waals surface area contributed by atoms with Gasteiger partial charge >= 0.3 is 5.97 Å². The Labute approximate surface area is 131 Å². The molecule has 0 aromatic carbocycles. The highest BCUT2D eigenvalue weighted by atomic mass is 32.2. The number of carboxylic acids is 1. The molecule has 0 aromatic rings. The second kappa shape index (κ2) is 8.44. The zero-order chi connectivity index (χ0) is 16.8. The summed E-state index contributed by atoms with van der Waals surface area (Å²) in [5, 5.41) is 8.89. The van der Waals surface area contributed by atoms with Crippen LogP contribution >= 0.6 is 0 Å². The number of amides is 1. The molecule has 9 heteroatoms. The number of methoxy groups -OCH3 is 1. The van der Waals surface area contributed by atoms with Crippen molar-refractivity contribution in [1.82, 2.24) is 9.21 Å². The molecule has 0 aromatic heterocycles. The fraction of sp³-hybridized carbons (Fsp3) is 0.846. The van der Waals surface area contributed by atoms with Crippen LogP contribution in [0.2, 0.25) is 0 Å². The van der Waals surface area contributed by atoms with Crippen LogP contribution in [0, 0.1) is 5.92 Å². The molecule has 1 aliphatic heterocycles. The standard InChI is InChI=1S/C13H24N2O6S/c1-3-22(19,20)15-6-4-11(5-7-15)13(18)14(8-9-21-2)10-12(16)17/h11H,3-10H2,1-2H3,(H,16,17). The van der Waals surface area contributed by atoms with Gasteiger partial charge in [0.1, 0.15) is 6.54 Å². The maximum atomic E-state index is 12.4. The van der Waals surface area contributed by atoms with Gasteiger partial charge in [-0.3, -0.25) is 9.59 Å². The van der Waals surface area contributed by atoms with Gasteiger partial charge in [-0.2, -0.15) is 0 Å². The van der Waals surface area contributed by atoms with Crippen LogP contribution in [0.1, 0.15) is 19.8 Å². The summed E-state index contributed by atoms with van der Waals surface area (Å²) in [6.07, 6.45) is 0.836. The second-order valence-electron chi connectivity index (χ2n) is 5.22. The fourth-order valence-electron chi connectivity index (χ4n) is 2.45. The summed E-state index contributed by atoms with van der Waals surface area (Å²) in [6, 6.07) is 0. The first-order valence-electron chi connectivity index (χ1n) is 7.29. The third-order valence-corrected chi connectivity index (χ3v) is 5.65. The van der Waals surface area contributed by atoms with Gasteiger partial charge in [-0.1, -0.05) is 0 Å². The highest BCUT2D eigenvalue weighted by Crippen LogP contribution is 2.22. The Kier molecular flexibility index (Phi) is 7.24. The Morgan fingerprint density at radius 2 is 1.91 bits per heavy atom. The van der Waals surface area contributed by atoms with Gasteiger partial charge in [0.15, 0.2) is 0 Å². The normalized spacial score (nSPS) is 17.4. The van der Waals surface area contributed by atoms with Crippen molar-refractivity contribution in [3.05, 3.63) is 0 Å². The highest BCUT2D eigenvalue weighted by Gasteiger charge is 2.32. The molecule has 128 valence electrons. The van der Waals surface area contributed by atoms with Crippen LogP contribution in [0.5, 0.6) is 0 Å². The van der Waals surface area contributed by atoms with E-state index in [-0.39, 0.29) is 37.3 Å². The molecular formula is C13H24N2O6S. The first kappa shape index (κ1) is 18.9. The number of piperidine rings is 1. The number of hydrogen-bond donors (Lipinski definition) is 1. The zero-order valence-corrected chi connectivity index (χ0v) is 13.8. The minimum atomic E-state index is -3.23. The molecule has 1 rings (SSSR count). The second-order valence-corrected chi connectivity index (χ2v) is 7.48. The lowest BCUT2D eigenvalue weighted by Crippen LogP contribution is -2.46. The number of hydrogen-bond acceptors (Lipinski definition) is 5. The van der Waals surface area contributed by atoms with Crippen molar-refractivity contribution in [2.45, 2.75) is 19.8 Å². The van der Waals surface area contributed by atoms with Crippen molar-refractivity contribution < 1.29 is 27.9 Å². The molecule has 0 spiro atoms. The topological polar surface area (TPSA) is 104 Å². The molecule has 1 amide bonds. The molecule has 1 aliphatic rings. The number of aliphatic carboxylic acids is 1. The lowest BCUT2D eigenvalue weighted by atomic mass is 9.96. The largest absolute Gasteiger partial charge is 0.480 e. The van der Waals surface area contributed by atoms with Gasteiger partial charge in [-0.25, -0.2) is 12.7 Å². The van der Waals surface area contributed by atoms with E-state index in [0.29, 0.717) is 25.9 Å². The first-order valence-corrected chi connectivity index (χ1v) is 8.90. The molecule has 0 bridgehead atoms. The number of ether oxygens (including phenoxy) is 1. The fourth-order valence-corrected chi connectivity index (χ4v) is 3.59. The predicted molar refractivity (Wildman–Crippen MR) is 79.8 cm³/mol. The summed E-state index contributed by atoms with van der Waals surface area (Å²) in [6.45, 7) is 2.31. The smallest absolute Gasteiger partial charge is 0.323 e. The molecule has 1 saturated heterocycles. The molecule has 1 N–H and O–H groups in total. The van der Waals surface area contributed by atoms with E-state index in [4.69, 9.17) is 9.84 Å². The molecular weight excluding hydrogens is 312 g/mol. The molecule has 0 saturated carbocycles. The van der Waals surface area contributed by atoms with Crippen molar-refractivity contribution in [2.24, 2.45) is 5.92 Å². The summed E-state index contributed by atoms with van der Waals surface area (Å²) in [4.78, 5) is 24.5. The summed E-state index contributed by atoms with van der Waals surface area (Å²) >= 11 is 0. The lowest BCUT2D eigenvalue weighted by Gasteiger charge is -2.33. The van der Waals surface area contributed by atoms with Crippen LogP contribution in [0.4, 0.5) is 0 Å². The first-order chi connectivity index (χ1) is 10.3. The number of nitrogens with zero attached hydrogens (tertiary/aromatic N) is 2. The Hall–Kier alpha value is -1.19. The van der Waals surface area contributed by atoms with E-state index in [1.54, 1.807) is 6.92 Å². The van der Waals surface area contributed by atoms with Gasteiger partial charge in [0, 0.05) is 32.7 Å². The minimum Gasteiger partial charge on any atom is -0.480 e. The van der Waals surface area contributed by atoms with Crippen molar-refractivity contribution in [3.63, 3.8) is 0 Å². The third-order valence-electron chi connectivity index (χ3n) is 3.76. The average molecular weight is 336 g/mol. The van der Waals surface area contributed by atoms with Gasteiger partial charge in [0.05, 0.1) is 12.4 Å². The molecule has 8 nitrogen and oxygen atoms in total. The number of carbonyl (C=O) groups is 2. The van der Waals surface area contributed by atoms with E-state index in [1.807, 2.05) is 0 Å². The van der Waals surface area contributed by atoms with E-state index < -0.39 is 16.0 Å². The predicted octanol–water partition coefficient (Wildman–Crippen LogP) is -0.392. The molecule has 0 atom stereocenters. The molecule has 0 aliphatic carbocycles. The van der Waals surface area contributed by atoms with E-state index in [0.717, 1.165) is 0 Å². The van der Waals surface area contributed by atoms with Gasteiger partial charge in [0.25, 0.3) is 0 Å². The zero-order valence-electron chi connectivity index (χ0n) is 13.0. The third kappa shape index (κ3) is 5.22. The van der Waals surface area contributed by atoms with E-state index in [1.165, 1.54) is 16.3 Å². The number of carbonyl (C=O) groups excluding carboxylic acids is 1. The Bertz CT molecular complexity index is 485. The summed E-state index contributed by atoms with van der Waals surface area (Å²) in [5.74, 6) is -1.60. The van der Waals surface area contributed by atoms with Crippen molar-refractivity contribution >= 4 is 21.9 Å². The average Bonchev–Trinajstić information content (AvgIpc) is 2.50. The van der Waals surface area contributed by atoms with Crippen LogP contribution in [0.15, 0.2) is 0 Å². The summed E-state index contributed by atoms with van der Waals surface area (Å²) < 4.78 is 29.9. The van der Waals surface area contributed by atoms with Crippen LogP contribution in [0.3, 0.4) is 0 Å². The maximum absolute atomic E-state index is 12.4. The van der Waals surface area contributed by atoms with Gasteiger partial charge in [-0.05, 0) is 19.8 Å². The van der Waals surface area contributed by atoms with Crippen molar-refractivity contribution in [2.75, 3.05) is 45.6 Å². The van der Waals surface area contributed by atoms with Crippen LogP contribution < -0.4 is 0 Å². The minimum absolute atomic E-state index is 0.0462. The van der Waals surface area contributed by atoms with E-state index in [2.05, 4.69) is 0 Å². The summed E-state index contributed by atoms with van der Waals surface area (Å²) in [7, 11) is -1.75. The number of sulfonamides is 1. The Balaban J connectivity index is 2.63. The lowest BCUT2D eigenvalue weighted by molar-refractivity contribution is -0.147. The monoisotopic (exact) mass is 336 g/mol. The van der Waals surface area contributed by atoms with E-state index in [9.17, 15) is 18.0 Å². The van der Waals surface area contributed by atoms with E-state index >= 15 is 0 Å². The molecule has 1 heterocycles. The Morgan fingerprint density at radius 3 is 2.36 bits per heavy atom. The van der Waals surface area contributed by atoms with Crippen molar-refractivity contribution in [1.29, 1.82) is 0 Å². The number of carboxylic acid groups (broad SMARTS) is 1. The van der Waals surface area contributed by atoms with Gasteiger partial charge < -0.3 is 14.7 Å². The quantitative estimate of drug-likeness (QED) is 0.647. The Morgan fingerprint density at radius 1 is 1.32 bits per heavy atom. The maximum Gasteiger partial charge on any atom is 0.323 e. The number of rotatable bonds is 8. The molecule has 1 fully saturated rings. The summed E-state index contributed by atoms with van der Waals surface area (Å²) in [5.41, 5.74) is 0. The van der Waals surface area contributed by atoms with Crippen LogP contribution in [-0.2, 0) is 24.3 Å². The van der Waals surface area contributed by atoms with Crippen LogP contribution in [0.25, 0.3) is 0 Å². The van der Waals surface area contributed by atoms with Gasteiger partial charge in [0.2, 0.25) is 15.9 Å². The van der Waals surface area contributed by atoms with Crippen LogP contribution in [-0.4, -0.2) is 80.3 Å².